The van der Waals surface area contributed by atoms with Gasteiger partial charge >= 0.3 is 11.9 Å². The van der Waals surface area contributed by atoms with Crippen molar-refractivity contribution in [1.29, 1.82) is 0 Å². The van der Waals surface area contributed by atoms with Gasteiger partial charge in [0.25, 0.3) is 0 Å². The number of rotatable bonds is 10. The van der Waals surface area contributed by atoms with Crippen molar-refractivity contribution < 1.29 is 24.2 Å². The molecule has 5 nitrogen and oxygen atoms in total. The Morgan fingerprint density at radius 2 is 2.08 bits per heavy atom. The van der Waals surface area contributed by atoms with Crippen molar-refractivity contribution in [3.63, 3.8) is 0 Å². The molecular weight excluding hydrogens is 332 g/mol. The minimum Gasteiger partial charge on any atom is -0.462 e. The summed E-state index contributed by atoms with van der Waals surface area (Å²) in [5.41, 5.74) is 1.30. The SMILES string of the molecule is CC(=O)O[C@H](C[C@@H](O)CCCCc1ccccc1)C[C@@H]1CC=CC(=O)O1. The molecule has 1 aromatic rings. The second-order valence-corrected chi connectivity index (χ2v) is 6.79. The molecule has 5 heteroatoms. The van der Waals surface area contributed by atoms with Gasteiger partial charge in [-0.05, 0) is 24.8 Å². The minimum absolute atomic E-state index is 0.304. The van der Waals surface area contributed by atoms with Gasteiger partial charge in [0.2, 0.25) is 0 Å². The number of unbranched alkanes of at least 4 members (excludes halogenated alkanes) is 1. The van der Waals surface area contributed by atoms with Crippen LogP contribution < -0.4 is 0 Å². The van der Waals surface area contributed by atoms with Crippen molar-refractivity contribution in [2.45, 2.75) is 70.2 Å². The average molecular weight is 360 g/mol. The molecule has 2 rings (SSSR count). The third-order valence-corrected chi connectivity index (χ3v) is 4.42. The van der Waals surface area contributed by atoms with Gasteiger partial charge < -0.3 is 14.6 Å². The lowest BCUT2D eigenvalue weighted by Crippen LogP contribution is -2.30. The molecule has 0 spiro atoms. The van der Waals surface area contributed by atoms with Crippen LogP contribution >= 0.6 is 0 Å². The molecule has 0 unspecified atom stereocenters. The van der Waals surface area contributed by atoms with E-state index in [1.165, 1.54) is 18.6 Å². The highest BCUT2D eigenvalue weighted by atomic mass is 16.6. The molecule has 0 aromatic heterocycles. The van der Waals surface area contributed by atoms with Crippen LogP contribution in [-0.4, -0.2) is 35.4 Å². The number of benzene rings is 1. The summed E-state index contributed by atoms with van der Waals surface area (Å²) in [5.74, 6) is -0.756. The van der Waals surface area contributed by atoms with Gasteiger partial charge in [-0.25, -0.2) is 4.79 Å². The van der Waals surface area contributed by atoms with E-state index >= 15 is 0 Å². The van der Waals surface area contributed by atoms with Gasteiger partial charge in [-0.2, -0.15) is 0 Å². The number of ether oxygens (including phenoxy) is 2. The van der Waals surface area contributed by atoms with Crippen LogP contribution in [0, 0.1) is 0 Å². The van der Waals surface area contributed by atoms with Gasteiger partial charge in [0.1, 0.15) is 12.2 Å². The second-order valence-electron chi connectivity index (χ2n) is 6.79. The van der Waals surface area contributed by atoms with Crippen LogP contribution in [-0.2, 0) is 25.5 Å². The van der Waals surface area contributed by atoms with Crippen molar-refractivity contribution in [2.24, 2.45) is 0 Å². The van der Waals surface area contributed by atoms with Gasteiger partial charge in [-0.1, -0.05) is 42.8 Å². The predicted octanol–water partition coefficient (Wildman–Crippen LogP) is 3.34. The van der Waals surface area contributed by atoms with Crippen LogP contribution in [0.1, 0.15) is 51.0 Å². The highest BCUT2D eigenvalue weighted by Crippen LogP contribution is 2.20. The number of carbonyl (C=O) groups excluding carboxylic acids is 2. The minimum atomic E-state index is -0.537. The van der Waals surface area contributed by atoms with Gasteiger partial charge in [-0.15, -0.1) is 0 Å². The lowest BCUT2D eigenvalue weighted by atomic mass is 9.98. The Hall–Kier alpha value is -2.14. The summed E-state index contributed by atoms with van der Waals surface area (Å²) in [6.45, 7) is 1.35. The molecular formula is C21H28O5. The number of aryl methyl sites for hydroxylation is 1. The number of esters is 2. The Kier molecular flexibility index (Phi) is 8.35. The molecule has 1 aliphatic heterocycles. The summed E-state index contributed by atoms with van der Waals surface area (Å²) in [7, 11) is 0. The number of cyclic esters (lactones) is 1. The quantitative estimate of drug-likeness (QED) is 0.512. The molecule has 0 fully saturated rings. The first kappa shape index (κ1) is 20.2. The first-order chi connectivity index (χ1) is 12.5. The Morgan fingerprint density at radius 3 is 2.77 bits per heavy atom. The fourth-order valence-electron chi connectivity index (χ4n) is 3.21. The lowest BCUT2D eigenvalue weighted by molar-refractivity contribution is -0.153. The molecule has 0 aliphatic carbocycles. The molecule has 142 valence electrons. The molecule has 0 saturated heterocycles. The first-order valence-corrected chi connectivity index (χ1v) is 9.29. The molecule has 0 radical (unpaired) electrons. The van der Waals surface area contributed by atoms with Crippen LogP contribution in [0.2, 0.25) is 0 Å². The lowest BCUT2D eigenvalue weighted by Gasteiger charge is -2.25. The van der Waals surface area contributed by atoms with E-state index < -0.39 is 12.2 Å². The summed E-state index contributed by atoms with van der Waals surface area (Å²) in [4.78, 5) is 22.7. The van der Waals surface area contributed by atoms with E-state index in [1.807, 2.05) is 18.2 Å². The monoisotopic (exact) mass is 360 g/mol. The number of aliphatic hydroxyl groups is 1. The summed E-state index contributed by atoms with van der Waals surface area (Å²) >= 11 is 0. The number of hydrogen-bond acceptors (Lipinski definition) is 5. The predicted molar refractivity (Wildman–Crippen MR) is 98.4 cm³/mol. The van der Waals surface area contributed by atoms with Gasteiger partial charge in [-0.3, -0.25) is 4.79 Å². The third kappa shape index (κ3) is 7.83. The summed E-state index contributed by atoms with van der Waals surface area (Å²) in [6, 6.07) is 10.3. The zero-order valence-corrected chi connectivity index (χ0v) is 15.3. The molecule has 3 atom stereocenters. The number of aliphatic hydroxyl groups excluding tert-OH is 1. The molecule has 1 aliphatic rings. The molecule has 1 heterocycles. The molecule has 0 saturated carbocycles. The Balaban J connectivity index is 1.72. The van der Waals surface area contributed by atoms with Crippen LogP contribution in [0.4, 0.5) is 0 Å². The summed E-state index contributed by atoms with van der Waals surface area (Å²) in [6.07, 6.45) is 6.83. The number of carbonyl (C=O) groups is 2. The largest absolute Gasteiger partial charge is 0.462 e. The van der Waals surface area contributed by atoms with Crippen molar-refractivity contribution in [2.75, 3.05) is 0 Å². The maximum absolute atomic E-state index is 11.3. The normalized spacial score (nSPS) is 18.8. The van der Waals surface area contributed by atoms with Crippen molar-refractivity contribution in [1.82, 2.24) is 0 Å². The van der Waals surface area contributed by atoms with E-state index in [0.717, 1.165) is 19.3 Å². The number of hydrogen-bond donors (Lipinski definition) is 1. The second kappa shape index (κ2) is 10.8. The maximum atomic E-state index is 11.3. The Bertz CT molecular complexity index is 596. The van der Waals surface area contributed by atoms with E-state index in [4.69, 9.17) is 9.47 Å². The summed E-state index contributed by atoms with van der Waals surface area (Å²) in [5, 5.41) is 10.3. The zero-order valence-electron chi connectivity index (χ0n) is 15.3. The van der Waals surface area contributed by atoms with E-state index in [0.29, 0.717) is 25.7 Å². The van der Waals surface area contributed by atoms with Crippen LogP contribution in [0.25, 0.3) is 0 Å². The van der Waals surface area contributed by atoms with E-state index in [2.05, 4.69) is 12.1 Å². The topological polar surface area (TPSA) is 72.8 Å². The van der Waals surface area contributed by atoms with E-state index in [9.17, 15) is 14.7 Å². The van der Waals surface area contributed by atoms with Crippen LogP contribution in [0.3, 0.4) is 0 Å². The third-order valence-electron chi connectivity index (χ3n) is 4.42. The van der Waals surface area contributed by atoms with Crippen LogP contribution in [0.15, 0.2) is 42.5 Å². The molecule has 26 heavy (non-hydrogen) atoms. The van der Waals surface area contributed by atoms with Gasteiger partial charge in [0.05, 0.1) is 6.10 Å². The smallest absolute Gasteiger partial charge is 0.330 e. The van der Waals surface area contributed by atoms with E-state index in [1.54, 1.807) is 6.08 Å². The molecule has 1 N–H and O–H groups in total. The summed E-state index contributed by atoms with van der Waals surface area (Å²) < 4.78 is 10.5. The zero-order chi connectivity index (χ0) is 18.8. The molecule has 1 aromatic carbocycles. The highest BCUT2D eigenvalue weighted by Gasteiger charge is 2.25. The fourth-order valence-corrected chi connectivity index (χ4v) is 3.21. The Morgan fingerprint density at radius 1 is 1.31 bits per heavy atom. The van der Waals surface area contributed by atoms with Crippen molar-refractivity contribution in [3.8, 4) is 0 Å². The fraction of sp³-hybridized carbons (Fsp3) is 0.524. The maximum Gasteiger partial charge on any atom is 0.330 e. The van der Waals surface area contributed by atoms with E-state index in [-0.39, 0.29) is 18.0 Å². The van der Waals surface area contributed by atoms with Gasteiger partial charge in [0.15, 0.2) is 0 Å². The van der Waals surface area contributed by atoms with Crippen LogP contribution in [0.5, 0.6) is 0 Å². The van der Waals surface area contributed by atoms with Crippen molar-refractivity contribution >= 4 is 11.9 Å². The van der Waals surface area contributed by atoms with Gasteiger partial charge in [0, 0.05) is 32.3 Å². The molecule has 0 bridgehead atoms. The molecule has 0 amide bonds. The standard InChI is InChI=1S/C21H28O5/c1-16(22)25-20(15-19-12-7-13-21(24)26-19)14-18(23)11-6-5-10-17-8-3-2-4-9-17/h2-4,7-9,13,18-20,23H,5-6,10-12,14-15H2,1H3/t18-,19-,20+/m0/s1. The van der Waals surface area contributed by atoms with Crippen molar-refractivity contribution in [3.05, 3.63) is 48.0 Å². The highest BCUT2D eigenvalue weighted by molar-refractivity contribution is 5.82. The Labute approximate surface area is 155 Å². The first-order valence-electron chi connectivity index (χ1n) is 9.29. The average Bonchev–Trinajstić information content (AvgIpc) is 2.59.